The summed E-state index contributed by atoms with van der Waals surface area (Å²) in [7, 11) is -0.972. The van der Waals surface area contributed by atoms with Crippen molar-refractivity contribution >= 4 is 40.1 Å². The van der Waals surface area contributed by atoms with Gasteiger partial charge in [-0.3, -0.25) is 20.2 Å². The SMILES string of the molecule is CN1C(=CC=C2CCCC(C=CC3=[N+](C)c4ccc([N+](=O)[O-])cc4C3(C)C)=C2Cl)C(C)(C)c2cc([N+](=O)[O-])ccc21.[O-][Cl+3]([O-])([O-])[O-]. The van der Waals surface area contributed by atoms with E-state index < -0.39 is 21.1 Å². The minimum atomic E-state index is -4.94. The van der Waals surface area contributed by atoms with Crippen LogP contribution in [0.15, 0.2) is 82.6 Å². The topological polar surface area (TPSA) is 185 Å². The zero-order valence-electron chi connectivity index (χ0n) is 26.2. The fraction of sp³-hybridized carbons (Fsp3) is 0.344. The first-order valence-electron chi connectivity index (χ1n) is 14.3. The van der Waals surface area contributed by atoms with Crippen LogP contribution in [0.25, 0.3) is 0 Å². The summed E-state index contributed by atoms with van der Waals surface area (Å²) >= 11 is 6.97. The predicted octanol–water partition coefficient (Wildman–Crippen LogP) is 3.22. The van der Waals surface area contributed by atoms with Gasteiger partial charge in [-0.25, -0.2) is 18.6 Å². The van der Waals surface area contributed by atoms with E-state index in [0.29, 0.717) is 0 Å². The van der Waals surface area contributed by atoms with Gasteiger partial charge in [0.25, 0.3) is 11.4 Å². The van der Waals surface area contributed by atoms with Gasteiger partial charge in [-0.15, -0.1) is 10.2 Å². The molecule has 0 saturated carbocycles. The van der Waals surface area contributed by atoms with Gasteiger partial charge in [0, 0.05) is 70.9 Å². The molecule has 0 aromatic heterocycles. The Balaban J connectivity index is 0.000000892. The molecule has 0 bridgehead atoms. The van der Waals surface area contributed by atoms with Crippen molar-refractivity contribution in [3.8, 4) is 0 Å². The molecule has 0 spiro atoms. The number of nitro benzene ring substituents is 2. The average Bonchev–Trinajstić information content (AvgIpc) is 3.27. The van der Waals surface area contributed by atoms with Crippen molar-refractivity contribution in [2.75, 3.05) is 19.0 Å². The Kier molecular flexibility index (Phi) is 9.66. The highest BCUT2D eigenvalue weighted by Gasteiger charge is 2.44. The molecule has 0 unspecified atom stereocenters. The lowest BCUT2D eigenvalue weighted by atomic mass is 9.81. The van der Waals surface area contributed by atoms with Crippen LogP contribution in [-0.4, -0.2) is 34.2 Å². The van der Waals surface area contributed by atoms with Gasteiger partial charge >= 0.3 is 0 Å². The van der Waals surface area contributed by atoms with Gasteiger partial charge in [0.1, 0.15) is 7.05 Å². The lowest BCUT2D eigenvalue weighted by Gasteiger charge is -2.24. The number of hydrogen-bond acceptors (Lipinski definition) is 9. The van der Waals surface area contributed by atoms with Gasteiger partial charge in [-0.05, 0) is 62.0 Å². The monoisotopic (exact) mass is 672 g/mol. The molecule has 0 amide bonds. The number of hydrogen-bond donors (Lipinski definition) is 0. The number of likely N-dealkylation sites (N-methyl/N-ethyl adjacent to an activating group) is 1. The van der Waals surface area contributed by atoms with E-state index in [-0.39, 0.29) is 21.2 Å². The van der Waals surface area contributed by atoms with Crippen LogP contribution in [-0.2, 0) is 10.8 Å². The van der Waals surface area contributed by atoms with Gasteiger partial charge in [0.05, 0.1) is 15.3 Å². The number of benzene rings is 2. The third-order valence-corrected chi connectivity index (χ3v) is 9.28. The summed E-state index contributed by atoms with van der Waals surface area (Å²) in [5.41, 5.74) is 7.37. The molecule has 0 radical (unpaired) electrons. The van der Waals surface area contributed by atoms with Gasteiger partial charge < -0.3 is 4.90 Å². The quantitative estimate of drug-likeness (QED) is 0.261. The first-order valence-corrected chi connectivity index (χ1v) is 15.9. The zero-order chi connectivity index (χ0) is 34.4. The number of anilines is 1. The van der Waals surface area contributed by atoms with E-state index in [2.05, 4.69) is 61.5 Å². The highest BCUT2D eigenvalue weighted by atomic mass is 35.7. The fourth-order valence-corrected chi connectivity index (χ4v) is 6.76. The fourth-order valence-electron chi connectivity index (χ4n) is 6.44. The molecule has 5 rings (SSSR count). The molecule has 244 valence electrons. The summed E-state index contributed by atoms with van der Waals surface area (Å²) in [6.45, 7) is 8.33. The van der Waals surface area contributed by atoms with Crippen LogP contribution >= 0.6 is 11.6 Å². The summed E-state index contributed by atoms with van der Waals surface area (Å²) in [6, 6.07) is 10.1. The van der Waals surface area contributed by atoms with Crippen LogP contribution < -0.4 is 23.5 Å². The van der Waals surface area contributed by atoms with E-state index >= 15 is 0 Å². The van der Waals surface area contributed by atoms with Crippen molar-refractivity contribution in [1.82, 2.24) is 0 Å². The first-order chi connectivity index (χ1) is 21.2. The summed E-state index contributed by atoms with van der Waals surface area (Å²) in [6.07, 6.45) is 11.0. The number of rotatable bonds is 5. The van der Waals surface area contributed by atoms with Crippen molar-refractivity contribution in [3.63, 3.8) is 0 Å². The van der Waals surface area contributed by atoms with Gasteiger partial charge in [-0.2, -0.15) is 4.58 Å². The van der Waals surface area contributed by atoms with Crippen molar-refractivity contribution in [1.29, 1.82) is 0 Å². The Morgan fingerprint density at radius 1 is 0.870 bits per heavy atom. The molecule has 0 fully saturated rings. The van der Waals surface area contributed by atoms with E-state index in [1.165, 1.54) is 0 Å². The van der Waals surface area contributed by atoms with Crippen molar-refractivity contribution < 1.29 is 43.3 Å². The van der Waals surface area contributed by atoms with E-state index in [1.54, 1.807) is 24.3 Å². The van der Waals surface area contributed by atoms with Crippen LogP contribution in [0, 0.1) is 30.5 Å². The minimum absolute atomic E-state index is 0.0924. The smallest absolute Gasteiger partial charge is 0.270 e. The summed E-state index contributed by atoms with van der Waals surface area (Å²) in [5.74, 6) is 0. The van der Waals surface area contributed by atoms with Crippen LogP contribution in [0.1, 0.15) is 58.1 Å². The van der Waals surface area contributed by atoms with Gasteiger partial charge in [0.2, 0.25) is 5.69 Å². The molecule has 1 aliphatic carbocycles. The number of nitrogens with zero attached hydrogens (tertiary/aromatic N) is 4. The van der Waals surface area contributed by atoms with Crippen LogP contribution in [0.3, 0.4) is 0 Å². The number of allylic oxidation sites excluding steroid dienone is 8. The highest BCUT2D eigenvalue weighted by Crippen LogP contribution is 2.48. The molecular weight excluding hydrogens is 639 g/mol. The van der Waals surface area contributed by atoms with Crippen molar-refractivity contribution in [2.45, 2.75) is 57.8 Å². The number of fused-ring (bicyclic) bond motifs is 2. The molecule has 3 aliphatic rings. The van der Waals surface area contributed by atoms with E-state index in [1.807, 2.05) is 26.2 Å². The molecule has 12 nitrogen and oxygen atoms in total. The second-order valence-electron chi connectivity index (χ2n) is 12.3. The normalized spacial score (nSPS) is 20.3. The number of non-ortho nitro benzene ring substituents is 2. The van der Waals surface area contributed by atoms with Crippen molar-refractivity contribution in [3.05, 3.63) is 114 Å². The van der Waals surface area contributed by atoms with Crippen LogP contribution in [0.2, 0.25) is 0 Å². The molecule has 0 saturated heterocycles. The Labute approximate surface area is 273 Å². The van der Waals surface area contributed by atoms with Crippen molar-refractivity contribution in [2.24, 2.45) is 0 Å². The molecule has 2 aromatic rings. The minimum Gasteiger partial charge on any atom is -0.347 e. The second kappa shape index (κ2) is 12.7. The van der Waals surface area contributed by atoms with Gasteiger partial charge in [-0.1, -0.05) is 37.6 Å². The van der Waals surface area contributed by atoms with Crippen LogP contribution in [0.5, 0.6) is 0 Å². The lowest BCUT2D eigenvalue weighted by Crippen LogP contribution is -2.68. The summed E-state index contributed by atoms with van der Waals surface area (Å²) in [5, 5.41) is 23.5. The standard InChI is InChI=1S/C32H34ClN4O4.ClHO4/c1-31(2)24-18-22(36(38)39)12-14-26(24)34(5)28(31)16-10-20-8-7-9-21(30(20)33)11-17-29-32(3,4)25-19-23(37(40)41)13-15-27(25)35(29)6;2-1(3,4)5/h10-19H,7-9H2,1-6H3;(H,2,3,4,5)/q+1;/p-1. The summed E-state index contributed by atoms with van der Waals surface area (Å²) in [4.78, 5) is 24.1. The molecule has 14 heteroatoms. The van der Waals surface area contributed by atoms with Crippen LogP contribution in [0.4, 0.5) is 22.7 Å². The maximum absolute atomic E-state index is 11.4. The highest BCUT2D eigenvalue weighted by molar-refractivity contribution is 6.32. The predicted molar refractivity (Wildman–Crippen MR) is 164 cm³/mol. The Bertz CT molecular complexity index is 1760. The van der Waals surface area contributed by atoms with E-state index in [0.717, 1.165) is 69.4 Å². The van der Waals surface area contributed by atoms with E-state index in [9.17, 15) is 20.2 Å². The Morgan fingerprint density at radius 2 is 1.43 bits per heavy atom. The van der Waals surface area contributed by atoms with E-state index in [4.69, 9.17) is 30.2 Å². The molecule has 2 heterocycles. The average molecular weight is 674 g/mol. The summed E-state index contributed by atoms with van der Waals surface area (Å²) < 4.78 is 36.1. The zero-order valence-corrected chi connectivity index (χ0v) is 27.7. The molecule has 46 heavy (non-hydrogen) atoms. The molecule has 0 atom stereocenters. The number of halogens is 2. The maximum atomic E-state index is 11.4. The molecule has 2 aliphatic heterocycles. The third-order valence-electron chi connectivity index (χ3n) is 8.80. The van der Waals surface area contributed by atoms with Gasteiger partial charge in [0.15, 0.2) is 5.71 Å². The third kappa shape index (κ3) is 6.92. The Hall–Kier alpha value is -3.91. The molecular formula is C32H34Cl2N4O8. The molecule has 0 N–H and O–H groups in total. The number of nitro groups is 2. The lowest BCUT2D eigenvalue weighted by molar-refractivity contribution is -2.00. The Morgan fingerprint density at radius 3 is 2.02 bits per heavy atom. The molecule has 2 aromatic carbocycles. The maximum Gasteiger partial charge on any atom is 0.270 e. The second-order valence-corrected chi connectivity index (χ2v) is 13.5. The first kappa shape index (κ1) is 35.0. The largest absolute Gasteiger partial charge is 0.347 e.